The van der Waals surface area contributed by atoms with Crippen LogP contribution < -0.4 is 14.8 Å². The van der Waals surface area contributed by atoms with Crippen molar-refractivity contribution in [2.75, 3.05) is 27.3 Å². The molecule has 0 aromatic heterocycles. The van der Waals surface area contributed by atoms with Crippen LogP contribution in [-0.4, -0.2) is 27.3 Å². The van der Waals surface area contributed by atoms with Crippen LogP contribution in [0, 0.1) is 5.41 Å². The number of para-hydroxylation sites is 2. The molecule has 1 aromatic rings. The molecule has 3 nitrogen and oxygen atoms in total. The zero-order valence-electron chi connectivity index (χ0n) is 14.1. The van der Waals surface area contributed by atoms with Crippen molar-refractivity contribution >= 4 is 0 Å². The number of ether oxygens (including phenoxy) is 2. The fourth-order valence-electron chi connectivity index (χ4n) is 2.82. The highest BCUT2D eigenvalue weighted by Gasteiger charge is 2.26. The van der Waals surface area contributed by atoms with Gasteiger partial charge in [0, 0.05) is 6.54 Å². The highest BCUT2D eigenvalue weighted by atomic mass is 16.5. The normalized spacial score (nSPS) is 13.7. The summed E-state index contributed by atoms with van der Waals surface area (Å²) in [5.41, 5.74) is 0.340. The topological polar surface area (TPSA) is 30.5 Å². The van der Waals surface area contributed by atoms with Gasteiger partial charge < -0.3 is 14.8 Å². The van der Waals surface area contributed by atoms with E-state index in [0.29, 0.717) is 5.41 Å². The first-order valence-corrected chi connectivity index (χ1v) is 8.11. The van der Waals surface area contributed by atoms with Crippen LogP contribution in [0.3, 0.4) is 0 Å². The Hall–Kier alpha value is -1.22. The van der Waals surface area contributed by atoms with Crippen molar-refractivity contribution in [2.24, 2.45) is 5.41 Å². The Bertz CT molecular complexity index is 395. The van der Waals surface area contributed by atoms with Gasteiger partial charge in [-0.3, -0.25) is 0 Å². The van der Waals surface area contributed by atoms with E-state index in [4.69, 9.17) is 9.47 Å². The summed E-state index contributed by atoms with van der Waals surface area (Å²) in [6.07, 6.45) is 6.05. The summed E-state index contributed by atoms with van der Waals surface area (Å²) in [6, 6.07) is 7.85. The van der Waals surface area contributed by atoms with Crippen LogP contribution in [-0.2, 0) is 0 Å². The van der Waals surface area contributed by atoms with Crippen molar-refractivity contribution in [2.45, 2.75) is 46.0 Å². The van der Waals surface area contributed by atoms with Gasteiger partial charge in [-0.1, -0.05) is 38.8 Å². The molecule has 0 aliphatic carbocycles. The third kappa shape index (κ3) is 5.58. The van der Waals surface area contributed by atoms with E-state index in [-0.39, 0.29) is 0 Å². The first-order chi connectivity index (χ1) is 10.2. The molecule has 0 aliphatic rings. The van der Waals surface area contributed by atoms with E-state index in [0.717, 1.165) is 31.1 Å². The van der Waals surface area contributed by atoms with Crippen LogP contribution in [0.4, 0.5) is 0 Å². The largest absolute Gasteiger partial charge is 0.493 e. The molecule has 0 bridgehead atoms. The van der Waals surface area contributed by atoms with E-state index in [1.807, 2.05) is 31.3 Å². The summed E-state index contributed by atoms with van der Waals surface area (Å²) < 4.78 is 11.3. The zero-order chi connectivity index (χ0) is 15.6. The lowest BCUT2D eigenvalue weighted by molar-refractivity contribution is 0.165. The number of unbranched alkanes of at least 4 members (excludes halogenated alkanes) is 1. The maximum absolute atomic E-state index is 5.96. The van der Waals surface area contributed by atoms with Gasteiger partial charge in [0.15, 0.2) is 11.5 Å². The van der Waals surface area contributed by atoms with Crippen molar-refractivity contribution in [1.29, 1.82) is 0 Å². The molecule has 21 heavy (non-hydrogen) atoms. The minimum atomic E-state index is 0.340. The Morgan fingerprint density at radius 2 is 1.81 bits per heavy atom. The fraction of sp³-hybridized carbons (Fsp3) is 0.667. The summed E-state index contributed by atoms with van der Waals surface area (Å²) in [5, 5.41) is 3.36. The van der Waals surface area contributed by atoms with Gasteiger partial charge in [0.25, 0.3) is 0 Å². The molecule has 1 N–H and O–H groups in total. The number of rotatable bonds is 11. The fourth-order valence-corrected chi connectivity index (χ4v) is 2.82. The molecule has 0 spiro atoms. The molecule has 0 fully saturated rings. The summed E-state index contributed by atoms with van der Waals surface area (Å²) >= 11 is 0. The Morgan fingerprint density at radius 3 is 2.38 bits per heavy atom. The molecule has 0 radical (unpaired) electrons. The van der Waals surface area contributed by atoms with Crippen molar-refractivity contribution in [3.05, 3.63) is 24.3 Å². The molecule has 3 heteroatoms. The molecule has 1 rings (SSSR count). The van der Waals surface area contributed by atoms with E-state index in [1.165, 1.54) is 25.7 Å². The lowest BCUT2D eigenvalue weighted by atomic mass is 9.77. The lowest BCUT2D eigenvalue weighted by Crippen LogP contribution is -2.33. The van der Waals surface area contributed by atoms with Crippen molar-refractivity contribution in [1.82, 2.24) is 5.32 Å². The standard InChI is InChI=1S/C18H31NO2/c1-5-7-12-18(6-2,15-19-3)13-14-21-17-11-9-8-10-16(17)20-4/h8-11,19H,5-7,12-15H2,1-4H3. The first-order valence-electron chi connectivity index (χ1n) is 8.11. The van der Waals surface area contributed by atoms with Crippen LogP contribution >= 0.6 is 0 Å². The number of hydrogen-bond donors (Lipinski definition) is 1. The molecule has 1 atom stereocenters. The van der Waals surface area contributed by atoms with Crippen LogP contribution in [0.1, 0.15) is 46.0 Å². The van der Waals surface area contributed by atoms with Gasteiger partial charge in [-0.2, -0.15) is 0 Å². The summed E-state index contributed by atoms with van der Waals surface area (Å²) in [7, 11) is 3.72. The Morgan fingerprint density at radius 1 is 1.10 bits per heavy atom. The van der Waals surface area contributed by atoms with E-state index >= 15 is 0 Å². The smallest absolute Gasteiger partial charge is 0.161 e. The summed E-state index contributed by atoms with van der Waals surface area (Å²) in [6.45, 7) is 6.33. The second kappa shape index (κ2) is 9.67. The molecule has 1 aromatic carbocycles. The van der Waals surface area contributed by atoms with E-state index in [1.54, 1.807) is 7.11 Å². The maximum Gasteiger partial charge on any atom is 0.161 e. The van der Waals surface area contributed by atoms with Crippen LogP contribution in [0.5, 0.6) is 11.5 Å². The molecule has 0 saturated heterocycles. The van der Waals surface area contributed by atoms with Crippen LogP contribution in [0.2, 0.25) is 0 Å². The maximum atomic E-state index is 5.96. The minimum absolute atomic E-state index is 0.340. The van der Waals surface area contributed by atoms with Gasteiger partial charge in [-0.15, -0.1) is 0 Å². The average molecular weight is 293 g/mol. The Balaban J connectivity index is 2.59. The molecule has 0 heterocycles. The summed E-state index contributed by atoms with van der Waals surface area (Å²) in [5.74, 6) is 1.65. The number of nitrogens with one attached hydrogen (secondary N) is 1. The Kier molecular flexibility index (Phi) is 8.21. The zero-order valence-corrected chi connectivity index (χ0v) is 14.1. The molecular weight excluding hydrogens is 262 g/mol. The quantitative estimate of drug-likeness (QED) is 0.661. The summed E-state index contributed by atoms with van der Waals surface area (Å²) in [4.78, 5) is 0. The third-order valence-corrected chi connectivity index (χ3v) is 4.32. The lowest BCUT2D eigenvalue weighted by Gasteiger charge is -2.33. The van der Waals surface area contributed by atoms with Gasteiger partial charge >= 0.3 is 0 Å². The van der Waals surface area contributed by atoms with E-state index in [2.05, 4.69) is 19.2 Å². The van der Waals surface area contributed by atoms with Crippen molar-refractivity contribution < 1.29 is 9.47 Å². The van der Waals surface area contributed by atoms with Crippen LogP contribution in [0.15, 0.2) is 24.3 Å². The predicted molar refractivity (Wildman–Crippen MR) is 89.3 cm³/mol. The number of methoxy groups -OCH3 is 1. The van der Waals surface area contributed by atoms with Crippen LogP contribution in [0.25, 0.3) is 0 Å². The van der Waals surface area contributed by atoms with Crippen molar-refractivity contribution in [3.8, 4) is 11.5 Å². The highest BCUT2D eigenvalue weighted by molar-refractivity contribution is 5.39. The van der Waals surface area contributed by atoms with Gasteiger partial charge in [-0.05, 0) is 43.9 Å². The SMILES string of the molecule is CCCCC(CC)(CCOc1ccccc1OC)CNC. The molecule has 0 saturated carbocycles. The van der Waals surface area contributed by atoms with E-state index < -0.39 is 0 Å². The molecule has 120 valence electrons. The second-order valence-corrected chi connectivity index (χ2v) is 5.74. The predicted octanol–water partition coefficient (Wildman–Crippen LogP) is 4.27. The van der Waals surface area contributed by atoms with Gasteiger partial charge in [0.2, 0.25) is 0 Å². The van der Waals surface area contributed by atoms with E-state index in [9.17, 15) is 0 Å². The second-order valence-electron chi connectivity index (χ2n) is 5.74. The van der Waals surface area contributed by atoms with Gasteiger partial charge in [0.05, 0.1) is 13.7 Å². The van der Waals surface area contributed by atoms with Gasteiger partial charge in [-0.25, -0.2) is 0 Å². The van der Waals surface area contributed by atoms with Crippen molar-refractivity contribution in [3.63, 3.8) is 0 Å². The average Bonchev–Trinajstić information content (AvgIpc) is 2.53. The Labute approximate surface area is 130 Å². The van der Waals surface area contributed by atoms with Gasteiger partial charge in [0.1, 0.15) is 0 Å². The third-order valence-electron chi connectivity index (χ3n) is 4.32. The molecular formula is C18H31NO2. The molecule has 1 unspecified atom stereocenters. The molecule has 0 aliphatic heterocycles. The first kappa shape index (κ1) is 17.8. The number of benzene rings is 1. The minimum Gasteiger partial charge on any atom is -0.493 e. The highest BCUT2D eigenvalue weighted by Crippen LogP contribution is 2.33. The monoisotopic (exact) mass is 293 g/mol. The molecule has 0 amide bonds. The number of hydrogen-bond acceptors (Lipinski definition) is 3.